The quantitative estimate of drug-likeness (QED) is 0.0749. The van der Waals surface area contributed by atoms with Crippen LogP contribution in [0.25, 0.3) is 0 Å². The van der Waals surface area contributed by atoms with Crippen molar-refractivity contribution in [3.8, 4) is 17.2 Å². The highest BCUT2D eigenvalue weighted by Crippen LogP contribution is 2.38. The zero-order valence-corrected chi connectivity index (χ0v) is 26.7. The summed E-state index contributed by atoms with van der Waals surface area (Å²) >= 11 is 1.34. The largest absolute Gasteiger partial charge is 0.507 e. The number of allylic oxidation sites excluding steroid dienone is 2. The number of rotatable bonds is 17. The van der Waals surface area contributed by atoms with Gasteiger partial charge in [0.15, 0.2) is 5.75 Å². The molecule has 0 unspecified atom stereocenters. The number of amides is 1. The van der Waals surface area contributed by atoms with Crippen molar-refractivity contribution in [2.45, 2.75) is 76.0 Å². The summed E-state index contributed by atoms with van der Waals surface area (Å²) in [6, 6.07) is 8.91. The number of hydrogen-bond acceptors (Lipinski definition) is 7. The molecule has 9 nitrogen and oxygen atoms in total. The number of carboxylic acid groups (broad SMARTS) is 1. The molecule has 242 valence electrons. The van der Waals surface area contributed by atoms with Crippen molar-refractivity contribution in [2.24, 2.45) is 7.05 Å². The normalized spacial score (nSPS) is 10.8. The van der Waals surface area contributed by atoms with Crippen molar-refractivity contribution in [1.29, 1.82) is 0 Å². The molecule has 0 saturated carbocycles. The molecule has 0 aliphatic rings. The van der Waals surface area contributed by atoms with Gasteiger partial charge in [-0.1, -0.05) is 30.9 Å². The number of aromatic carboxylic acids is 1. The lowest BCUT2D eigenvalue weighted by Gasteiger charge is -2.17. The van der Waals surface area contributed by atoms with Crippen LogP contribution in [-0.4, -0.2) is 38.4 Å². The first-order valence-corrected chi connectivity index (χ1v) is 15.9. The number of carboxylic acids is 1. The minimum atomic E-state index is -1.23. The maximum absolute atomic E-state index is 13.3. The molecule has 0 aliphatic heterocycles. The average Bonchev–Trinajstić information content (AvgIpc) is 2.98. The van der Waals surface area contributed by atoms with E-state index in [9.17, 15) is 34.1 Å². The summed E-state index contributed by atoms with van der Waals surface area (Å²) in [7, 11) is 1.69. The summed E-state index contributed by atoms with van der Waals surface area (Å²) in [5.41, 5.74) is 1.80. The summed E-state index contributed by atoms with van der Waals surface area (Å²) in [5, 5.41) is 33.2. The highest BCUT2D eigenvalue weighted by molar-refractivity contribution is 7.98. The zero-order valence-electron chi connectivity index (χ0n) is 25.9. The monoisotopic (exact) mass is 640 g/mol. The van der Waals surface area contributed by atoms with Crippen molar-refractivity contribution in [3.05, 3.63) is 92.7 Å². The van der Waals surface area contributed by atoms with Crippen LogP contribution in [-0.2, 0) is 30.6 Å². The second kappa shape index (κ2) is 17.3. The molecular formula is C34H41FN2O7S. The summed E-state index contributed by atoms with van der Waals surface area (Å²) in [5.74, 6) is -1.65. The van der Waals surface area contributed by atoms with E-state index in [1.165, 1.54) is 36.2 Å². The predicted octanol–water partition coefficient (Wildman–Crippen LogP) is 6.47. The van der Waals surface area contributed by atoms with Gasteiger partial charge in [-0.3, -0.25) is 9.59 Å². The molecule has 1 heterocycles. The van der Waals surface area contributed by atoms with Gasteiger partial charge >= 0.3 is 5.97 Å². The molecule has 0 radical (unpaired) electrons. The Morgan fingerprint density at radius 2 is 1.73 bits per heavy atom. The number of unbranched alkanes of at least 4 members (excludes halogenated alkanes) is 4. The number of pyridine rings is 1. The van der Waals surface area contributed by atoms with E-state index < -0.39 is 11.4 Å². The Hall–Kier alpha value is -4.25. The van der Waals surface area contributed by atoms with E-state index in [4.69, 9.17) is 4.74 Å². The number of thioether (sulfide) groups is 1. The van der Waals surface area contributed by atoms with E-state index in [2.05, 4.69) is 5.32 Å². The summed E-state index contributed by atoms with van der Waals surface area (Å²) in [4.78, 5) is 36.8. The molecule has 4 N–H and O–H groups in total. The molecule has 0 aliphatic carbocycles. The topological polar surface area (TPSA) is 138 Å². The van der Waals surface area contributed by atoms with Crippen LogP contribution in [0.5, 0.6) is 17.2 Å². The fraction of sp³-hybridized carbons (Fsp3) is 0.382. The average molecular weight is 641 g/mol. The number of halogens is 1. The Labute approximate surface area is 266 Å². The first-order chi connectivity index (χ1) is 21.5. The summed E-state index contributed by atoms with van der Waals surface area (Å²) in [6.07, 6.45) is 7.99. The third kappa shape index (κ3) is 11.0. The first-order valence-electron chi connectivity index (χ1n) is 14.9. The van der Waals surface area contributed by atoms with Crippen molar-refractivity contribution in [2.75, 3.05) is 6.61 Å². The molecule has 1 aromatic heterocycles. The van der Waals surface area contributed by atoms with E-state index in [0.29, 0.717) is 48.4 Å². The van der Waals surface area contributed by atoms with Gasteiger partial charge in [0.2, 0.25) is 11.3 Å². The molecule has 0 bridgehead atoms. The molecule has 0 saturated heterocycles. The third-order valence-electron chi connectivity index (χ3n) is 7.17. The number of aromatic hydroxyl groups is 2. The number of aryl methyl sites for hydroxylation is 1. The lowest BCUT2D eigenvalue weighted by molar-refractivity contribution is -0.121. The first kappa shape index (κ1) is 35.2. The van der Waals surface area contributed by atoms with E-state index >= 15 is 0 Å². The molecular weight excluding hydrogens is 599 g/mol. The highest BCUT2D eigenvalue weighted by Gasteiger charge is 2.23. The van der Waals surface area contributed by atoms with Gasteiger partial charge < -0.3 is 29.9 Å². The molecule has 0 atom stereocenters. The molecule has 0 fully saturated rings. The van der Waals surface area contributed by atoms with Crippen LogP contribution in [0.15, 0.2) is 63.9 Å². The maximum Gasteiger partial charge on any atom is 0.339 e. The molecule has 45 heavy (non-hydrogen) atoms. The van der Waals surface area contributed by atoms with Gasteiger partial charge in [0, 0.05) is 47.6 Å². The number of hydrogen-bond donors (Lipinski definition) is 4. The Morgan fingerprint density at radius 1 is 1.04 bits per heavy atom. The third-order valence-corrected chi connectivity index (χ3v) is 8.24. The van der Waals surface area contributed by atoms with Gasteiger partial charge in [-0.25, -0.2) is 9.18 Å². The van der Waals surface area contributed by atoms with Crippen molar-refractivity contribution >= 4 is 23.6 Å². The van der Waals surface area contributed by atoms with Crippen molar-refractivity contribution in [3.63, 3.8) is 0 Å². The van der Waals surface area contributed by atoms with E-state index in [-0.39, 0.29) is 41.1 Å². The second-order valence-corrected chi connectivity index (χ2v) is 12.1. The predicted molar refractivity (Wildman–Crippen MR) is 173 cm³/mol. The van der Waals surface area contributed by atoms with Crippen LogP contribution < -0.4 is 15.5 Å². The van der Waals surface area contributed by atoms with Crippen LogP contribution in [0, 0.1) is 5.82 Å². The minimum Gasteiger partial charge on any atom is -0.507 e. The van der Waals surface area contributed by atoms with Crippen molar-refractivity contribution in [1.82, 2.24) is 9.88 Å². The van der Waals surface area contributed by atoms with E-state index in [1.807, 2.05) is 19.9 Å². The van der Waals surface area contributed by atoms with Gasteiger partial charge in [-0.15, -0.1) is 11.8 Å². The van der Waals surface area contributed by atoms with Gasteiger partial charge in [0.05, 0.1) is 13.2 Å². The van der Waals surface area contributed by atoms with Crippen LogP contribution in [0.4, 0.5) is 4.39 Å². The molecule has 3 aromatic rings. The van der Waals surface area contributed by atoms with E-state index in [1.54, 1.807) is 29.8 Å². The van der Waals surface area contributed by atoms with Crippen LogP contribution >= 0.6 is 11.8 Å². The Kier molecular flexibility index (Phi) is 13.5. The van der Waals surface area contributed by atoms with Crippen LogP contribution in [0.2, 0.25) is 0 Å². The molecule has 11 heteroatoms. The lowest BCUT2D eigenvalue weighted by Crippen LogP contribution is -2.25. The highest BCUT2D eigenvalue weighted by atomic mass is 32.2. The Morgan fingerprint density at radius 3 is 2.42 bits per heavy atom. The van der Waals surface area contributed by atoms with Crippen molar-refractivity contribution < 1.29 is 34.0 Å². The molecule has 1 amide bonds. The summed E-state index contributed by atoms with van der Waals surface area (Å²) < 4.78 is 21.0. The van der Waals surface area contributed by atoms with E-state index in [0.717, 1.165) is 36.2 Å². The molecule has 0 spiro atoms. The number of aromatic nitrogens is 1. The standard InChI is InChI=1S/C34H41FN2O7S/c1-22(2)10-15-27-30(17-23(32(33(27)41)34(42)43)21-45-26-13-11-24(35)12-14-26)44-16-8-6-4-5-7-9-31(40)36-19-25-18-28(38)29(39)20-37(25)3/h10-14,17-18,20,39,41H,4-9,15-16,19,21H2,1-3H3,(H,36,40)(H,42,43). The fourth-order valence-corrected chi connectivity index (χ4v) is 5.50. The molecule has 2 aromatic carbocycles. The molecule has 3 rings (SSSR count). The zero-order chi connectivity index (χ0) is 32.9. The Balaban J connectivity index is 1.51. The van der Waals surface area contributed by atoms with Gasteiger partial charge in [-0.2, -0.15) is 0 Å². The lowest BCUT2D eigenvalue weighted by atomic mass is 9.99. The SMILES string of the molecule is CC(C)=CCc1c(OCCCCCCCC(=O)NCc2cc(=O)c(O)cn2C)cc(CSc2ccc(F)cc2)c(C(=O)O)c1O. The fourth-order valence-electron chi connectivity index (χ4n) is 4.62. The second-order valence-electron chi connectivity index (χ2n) is 11.0. The smallest absolute Gasteiger partial charge is 0.339 e. The van der Waals surface area contributed by atoms with Gasteiger partial charge in [0.1, 0.15) is 22.9 Å². The number of phenols is 1. The maximum atomic E-state index is 13.3. The number of nitrogens with one attached hydrogen (secondary N) is 1. The Bertz CT molecular complexity index is 1560. The van der Waals surface area contributed by atoms with Gasteiger partial charge in [0.25, 0.3) is 0 Å². The number of carbonyl (C=O) groups is 2. The number of ether oxygens (including phenoxy) is 1. The van der Waals surface area contributed by atoms with Crippen LogP contribution in [0.3, 0.4) is 0 Å². The number of nitrogens with zero attached hydrogens (tertiary/aromatic N) is 1. The van der Waals surface area contributed by atoms with Crippen LogP contribution in [0.1, 0.15) is 79.6 Å². The summed E-state index contributed by atoms with van der Waals surface area (Å²) in [6.45, 7) is 4.43. The van der Waals surface area contributed by atoms with Gasteiger partial charge in [-0.05, 0) is 69.0 Å². The number of benzene rings is 2. The minimum absolute atomic E-state index is 0.110. The number of carbonyl (C=O) groups excluding carboxylic acids is 1.